The first-order chi connectivity index (χ1) is 65.7. The number of hydrogen-bond acceptors (Lipinski definition) is 36. The fourth-order valence-electron chi connectivity index (χ4n) is 15.4. The van der Waals surface area contributed by atoms with Crippen LogP contribution < -0.4 is 29.9 Å². The van der Waals surface area contributed by atoms with Crippen molar-refractivity contribution in [2.75, 3.05) is 111 Å². The predicted octanol–water partition coefficient (Wildman–Crippen LogP) is 13.2. The van der Waals surface area contributed by atoms with Crippen LogP contribution in [0.2, 0.25) is 10.0 Å². The number of aliphatic hydroxyl groups is 2. The predicted molar refractivity (Wildman–Crippen MR) is 523 cm³/mol. The summed E-state index contributed by atoms with van der Waals surface area (Å²) in [6.07, 6.45) is 5.25. The van der Waals surface area contributed by atoms with Gasteiger partial charge in [-0.2, -0.15) is 12.6 Å². The van der Waals surface area contributed by atoms with E-state index in [1.54, 1.807) is 90.4 Å². The van der Waals surface area contributed by atoms with Crippen molar-refractivity contribution in [3.63, 3.8) is 0 Å². The van der Waals surface area contributed by atoms with Crippen molar-refractivity contribution in [1.29, 1.82) is 0 Å². The first-order valence-corrected chi connectivity index (χ1v) is 49.1. The number of allylic oxidation sites excluding steroid dienone is 6. The smallest absolute Gasteiger partial charge is 0.409 e. The summed E-state index contributed by atoms with van der Waals surface area (Å²) >= 11 is 17.6. The van der Waals surface area contributed by atoms with E-state index in [9.17, 15) is 78.9 Å². The number of anilines is 2. The lowest BCUT2D eigenvalue weighted by atomic mass is 9.83. The van der Waals surface area contributed by atoms with Gasteiger partial charge in [-0.05, 0) is 153 Å². The zero-order chi connectivity index (χ0) is 103. The Balaban J connectivity index is 0.000000266. The molecule has 40 nitrogen and oxygen atoms in total. The summed E-state index contributed by atoms with van der Waals surface area (Å²) in [5.74, 6) is -2.78. The maximum absolute atomic E-state index is 14.2. The molecule has 10 heterocycles. The minimum atomic E-state index is -1.86. The van der Waals surface area contributed by atoms with Gasteiger partial charge in [0.2, 0.25) is 23.6 Å². The first kappa shape index (κ1) is 112. The number of epoxide rings is 2. The van der Waals surface area contributed by atoms with E-state index in [0.717, 1.165) is 54.8 Å². The molecule has 2 aromatic carbocycles. The molecule has 7 aliphatic rings. The van der Waals surface area contributed by atoms with Gasteiger partial charge in [0.1, 0.15) is 115 Å². The van der Waals surface area contributed by atoms with E-state index in [4.69, 9.17) is 76.7 Å². The van der Waals surface area contributed by atoms with Gasteiger partial charge >= 0.3 is 24.1 Å². The number of carbonyl (C=O) groups is 8. The number of rotatable bonds is 23. The Kier molecular flexibility index (Phi) is 41.2. The third-order valence-corrected chi connectivity index (χ3v) is 29.6. The molecular formula is C91H119Cl2N13O27S5. The number of nitro groups is 3. The molecule has 5 fully saturated rings. The summed E-state index contributed by atoms with van der Waals surface area (Å²) in [7, 11) is 20.4. The number of esters is 2. The van der Waals surface area contributed by atoms with Crippen molar-refractivity contribution in [1.82, 2.24) is 40.3 Å². The highest BCUT2D eigenvalue weighted by Gasteiger charge is 2.66. The molecule has 0 radical (unpaired) electrons. The molecule has 6 amide bonds. The summed E-state index contributed by atoms with van der Waals surface area (Å²) in [5.41, 5.74) is -2.26. The Bertz CT molecular complexity index is 5240. The molecule has 0 aliphatic carbocycles. The summed E-state index contributed by atoms with van der Waals surface area (Å²) in [6, 6.07) is 13.7. The number of thiol groups is 1. The highest BCUT2D eigenvalue weighted by atomic mass is 35.5. The van der Waals surface area contributed by atoms with Crippen molar-refractivity contribution in [3.05, 3.63) is 178 Å². The van der Waals surface area contributed by atoms with E-state index in [1.165, 1.54) is 175 Å². The Labute approximate surface area is 832 Å². The highest BCUT2D eigenvalue weighted by Crippen LogP contribution is 2.52. The van der Waals surface area contributed by atoms with Gasteiger partial charge in [0, 0.05) is 118 Å². The Hall–Kier alpha value is -9.98. The molecule has 5 aromatic rings. The number of fused-ring (bicyclic) bond motifs is 10. The van der Waals surface area contributed by atoms with Crippen molar-refractivity contribution in [3.8, 4) is 11.5 Å². The average Bonchev–Trinajstić information content (AvgIpc) is 1.57. The monoisotopic (exact) mass is 2060 g/mol. The van der Waals surface area contributed by atoms with E-state index in [1.807, 2.05) is 26.0 Å². The Morgan fingerprint density at radius 1 is 0.623 bits per heavy atom. The number of amides is 6. The van der Waals surface area contributed by atoms with Gasteiger partial charge in [-0.15, -0.1) is 0 Å². The summed E-state index contributed by atoms with van der Waals surface area (Å²) in [5, 5.41) is 62.4. The molecule has 5 saturated heterocycles. The summed E-state index contributed by atoms with van der Waals surface area (Å²) < 4.78 is 69.1. The third kappa shape index (κ3) is 29.8. The first-order valence-electron chi connectivity index (χ1n) is 44.3. The van der Waals surface area contributed by atoms with E-state index in [0.29, 0.717) is 62.3 Å². The SMILES string of the molecule is CN1CCOCC1.COc1cc2cc(c1Cl)N(C)C(=O)C[C@H](OC(=O)[C@H](C)N(C)C(=O)CCS)[C@]1(C)O[C@H]1[C@H](C)[C@@H]1C[C@@](O)(NC(=O)O1)[C@H](OC)/C=C/C=C(\C)C2.COc1cc2cc(c1Cl)N(C)C(=O)C[C@H](OC(=O)[C@H](C)N(C)C(=O)CCSSc1ccc([N+](=O)[O-])cn1)[C@]1(C)O[C@H]1[C@H](C)[C@@H]1C[C@@](O)(NC(=O)O1)[C@H](OC)/C=C/C=C(\C)C2.O=[N+]([O-])c1ccc(SSc2ccc([N+](=O)[O-])cn2)nc1.[2H]C. The number of nitrogens with one attached hydrogen (secondary N) is 2. The topological polar surface area (TPSA) is 493 Å². The molecule has 0 saturated carbocycles. The van der Waals surface area contributed by atoms with Gasteiger partial charge in [0.05, 0.1) is 78.6 Å². The van der Waals surface area contributed by atoms with Gasteiger partial charge in [-0.1, -0.05) is 103 Å². The lowest BCUT2D eigenvalue weighted by Crippen LogP contribution is -2.63. The van der Waals surface area contributed by atoms with E-state index >= 15 is 0 Å². The number of morpholine rings is 1. The van der Waals surface area contributed by atoms with Gasteiger partial charge in [0.25, 0.3) is 17.1 Å². The highest BCUT2D eigenvalue weighted by molar-refractivity contribution is 8.77. The number of ether oxygens (including phenoxy) is 11. The summed E-state index contributed by atoms with van der Waals surface area (Å²) in [6.45, 7) is 17.9. The lowest BCUT2D eigenvalue weighted by Gasteiger charge is -2.42. The molecule has 0 unspecified atom stereocenters. The van der Waals surface area contributed by atoms with Gasteiger partial charge in [-0.3, -0.25) is 60.2 Å². The minimum absolute atomic E-state index is 0.0489. The lowest BCUT2D eigenvalue weighted by molar-refractivity contribution is -0.385. The molecule has 16 atom stereocenters. The number of benzene rings is 2. The van der Waals surface area contributed by atoms with E-state index in [-0.39, 0.29) is 77.4 Å². The normalized spacial score (nSPS) is 27.1. The molecule has 754 valence electrons. The van der Waals surface area contributed by atoms with Crippen LogP contribution in [0.1, 0.15) is 114 Å². The number of nitrogens with zero attached hydrogens (tertiary/aromatic N) is 11. The quantitative estimate of drug-likeness (QED) is 0.00592. The van der Waals surface area contributed by atoms with Crippen LogP contribution in [-0.2, 0) is 84.2 Å². The second-order valence-electron chi connectivity index (χ2n) is 33.9. The van der Waals surface area contributed by atoms with Gasteiger partial charge in [0.15, 0.2) is 11.4 Å². The van der Waals surface area contributed by atoms with Gasteiger partial charge < -0.3 is 86.8 Å². The van der Waals surface area contributed by atoms with Crippen LogP contribution in [0.3, 0.4) is 0 Å². The molecule has 0 spiro atoms. The van der Waals surface area contributed by atoms with Crippen molar-refractivity contribution < 1.29 is 117 Å². The zero-order valence-corrected chi connectivity index (χ0v) is 85.3. The van der Waals surface area contributed by atoms with Crippen LogP contribution in [-0.4, -0.2) is 287 Å². The molecule has 8 bridgehead atoms. The van der Waals surface area contributed by atoms with Crippen LogP contribution in [0.15, 0.2) is 142 Å². The van der Waals surface area contributed by atoms with Crippen molar-refractivity contribution in [2.24, 2.45) is 11.8 Å². The zero-order valence-electron chi connectivity index (χ0n) is 80.7. The van der Waals surface area contributed by atoms with Crippen molar-refractivity contribution >= 4 is 155 Å². The summed E-state index contributed by atoms with van der Waals surface area (Å²) in [4.78, 5) is 157. The fourth-order valence-corrected chi connectivity index (χ4v) is 19.8. The van der Waals surface area contributed by atoms with Crippen LogP contribution in [0, 0.1) is 42.2 Å². The van der Waals surface area contributed by atoms with Gasteiger partial charge in [-0.25, -0.2) is 34.1 Å². The number of methoxy groups -OCH3 is 4. The molecule has 7 aliphatic heterocycles. The maximum Gasteiger partial charge on any atom is 0.409 e. The van der Waals surface area contributed by atoms with Crippen LogP contribution in [0.5, 0.6) is 11.5 Å². The molecular weight excluding hydrogens is 1940 g/mol. The second-order valence-corrected chi connectivity index (χ2v) is 39.7. The number of hydrogen-bond donors (Lipinski definition) is 5. The molecule has 12 rings (SSSR count). The number of halogens is 2. The second kappa shape index (κ2) is 50.9. The van der Waals surface area contributed by atoms with Crippen LogP contribution in [0.25, 0.3) is 0 Å². The van der Waals surface area contributed by atoms with Crippen LogP contribution >= 0.6 is 79.0 Å². The average molecular weight is 2060 g/mol. The maximum atomic E-state index is 14.2. The number of aromatic nitrogens is 3. The number of pyridine rings is 3. The fraction of sp³-hybridized carbons (Fsp3) is 0.527. The van der Waals surface area contributed by atoms with Crippen LogP contribution in [0.4, 0.5) is 38.0 Å². The Morgan fingerprint density at radius 2 is 0.993 bits per heavy atom. The minimum Gasteiger partial charge on any atom is -0.495 e. The van der Waals surface area contributed by atoms with E-state index < -0.39 is 146 Å². The molecule has 47 heteroatoms. The Morgan fingerprint density at radius 3 is 1.32 bits per heavy atom. The number of carbonyl (C=O) groups excluding carboxylic acids is 8. The molecule has 3 aromatic heterocycles. The number of alkyl carbamates (subject to hydrolysis) is 2. The molecule has 4 N–H and O–H groups in total. The van der Waals surface area contributed by atoms with Crippen molar-refractivity contribution in [2.45, 2.75) is 213 Å². The largest absolute Gasteiger partial charge is 0.495 e. The third-order valence-electron chi connectivity index (χ3n) is 24.2. The molecule has 138 heavy (non-hydrogen) atoms. The number of likely N-dealkylation sites (N-methyl/N-ethyl adjacent to an activating group) is 3. The van der Waals surface area contributed by atoms with E-state index in [2.05, 4.69) is 50.2 Å². The standard InChI is InChI=1S/C40H50ClN5O12S2.C35H48ClN3O10S.C10H6N4O4S2.C5H11NO.CH4/c1-22-10-9-11-30(55-8)40(51)20-29(56-38(50)43-40)23(2)36-39(4,58-36)31(19-34(48)45(6)27-17-25(16-22)18-28(54-7)35(27)41)57-37(49)24(3)44(5)33(47)14-15-59-60-32-13-12-26(21-42-32)46(52)53;1-19-10-9-11-26(46-8)35(44)18-25(47-33(43)37-35)20(2)31-34(4,49-31)27(48-32(42)21(3)38(5)28(40)12-13-50)17-29(41)39(6)23-15-22(14-19)16-24(45-7)30(23)36;15-13(16)7-1-3-9(11-5-7)19-20-10-4-2-8(6-12-10)14(17)18;1-6-2-4-7-5-3-6;/h9-13,17-18,21,23-24,29-31,36,51H,14-16,19-20H2,1-8H3,(H,43,50);9-11,15-16,20-21,25-27,31,44,50H,12-14,17-18H2,1-8H3,(H,37,43);1-6H;2-5H2,1H3;1H4/b11-9+,22-10+;11-9+,19-10+;;;/t23-,24+,29+,30-,31+,36+,39+,40+;20-,21+,25+,26-,27+,31+,34+,35+;;;/m11.../s1/i;;;;1D.